The molecule has 2 N–H and O–H groups in total. The van der Waals surface area contributed by atoms with Crippen LogP contribution in [0, 0.1) is 11.7 Å². The zero-order chi connectivity index (χ0) is 35.2. The van der Waals surface area contributed by atoms with Crippen molar-refractivity contribution in [2.75, 3.05) is 60.9 Å². The van der Waals surface area contributed by atoms with E-state index in [-0.39, 0.29) is 24.2 Å². The number of piperazine rings is 1. The number of imide groups is 2. The lowest BCUT2D eigenvalue weighted by Crippen LogP contribution is -2.54. The van der Waals surface area contributed by atoms with Crippen LogP contribution >= 0.6 is 0 Å². The lowest BCUT2D eigenvalue weighted by molar-refractivity contribution is -0.136. The number of anilines is 4. The van der Waals surface area contributed by atoms with Gasteiger partial charge in [0.1, 0.15) is 11.6 Å². The van der Waals surface area contributed by atoms with E-state index >= 15 is 0 Å². The van der Waals surface area contributed by atoms with Crippen molar-refractivity contribution in [3.63, 3.8) is 0 Å². The molecule has 262 valence electrons. The molecule has 0 aliphatic carbocycles. The van der Waals surface area contributed by atoms with Crippen LogP contribution in [0.3, 0.4) is 0 Å². The van der Waals surface area contributed by atoms with Gasteiger partial charge in [-0.2, -0.15) is 4.98 Å². The molecular weight excluding hydrogens is 659 g/mol. The summed E-state index contributed by atoms with van der Waals surface area (Å²) in [5.41, 5.74) is 1.89. The van der Waals surface area contributed by atoms with Gasteiger partial charge >= 0.3 is 5.63 Å². The SMILES string of the molecule is O=C1CCC(N2C(=O)c3cccc(N4CCCC(CN5CCN(c6ncc(F)c(Nc7ccc8oc(=O)ccc8c7)n6)CC5)C4)c3C2=O)C(=O)N1. The molecule has 2 aromatic carbocycles. The summed E-state index contributed by atoms with van der Waals surface area (Å²) in [5.74, 6) is -1.81. The van der Waals surface area contributed by atoms with Crippen molar-refractivity contribution in [1.29, 1.82) is 0 Å². The molecule has 6 heterocycles. The van der Waals surface area contributed by atoms with Crippen molar-refractivity contribution in [1.82, 2.24) is 25.1 Å². The van der Waals surface area contributed by atoms with Crippen molar-refractivity contribution in [3.8, 4) is 0 Å². The van der Waals surface area contributed by atoms with Crippen LogP contribution in [0.25, 0.3) is 11.0 Å². The number of amides is 4. The normalized spacial score (nSPS) is 21.3. The molecule has 4 aromatic rings. The summed E-state index contributed by atoms with van der Waals surface area (Å²) in [7, 11) is 0. The average molecular weight is 695 g/mol. The minimum Gasteiger partial charge on any atom is -0.423 e. The monoisotopic (exact) mass is 694 g/mol. The van der Waals surface area contributed by atoms with Crippen LogP contribution in [0.5, 0.6) is 0 Å². The van der Waals surface area contributed by atoms with Crippen molar-refractivity contribution < 1.29 is 28.0 Å². The van der Waals surface area contributed by atoms with E-state index in [0.29, 0.717) is 59.4 Å². The summed E-state index contributed by atoms with van der Waals surface area (Å²) >= 11 is 0. The zero-order valence-corrected chi connectivity index (χ0v) is 27.6. The predicted molar refractivity (Wildman–Crippen MR) is 184 cm³/mol. The quantitative estimate of drug-likeness (QED) is 0.215. The molecule has 4 aliphatic rings. The fourth-order valence-electron chi connectivity index (χ4n) is 7.57. The third-order valence-electron chi connectivity index (χ3n) is 10.1. The Morgan fingerprint density at radius 1 is 0.922 bits per heavy atom. The second kappa shape index (κ2) is 13.2. The number of nitrogens with zero attached hydrogens (tertiary/aromatic N) is 6. The predicted octanol–water partition coefficient (Wildman–Crippen LogP) is 2.91. The van der Waals surface area contributed by atoms with E-state index in [2.05, 4.69) is 30.4 Å². The summed E-state index contributed by atoms with van der Waals surface area (Å²) in [6.45, 7) is 5.18. The molecule has 0 bridgehead atoms. The number of fused-ring (bicyclic) bond motifs is 2. The molecule has 4 amide bonds. The highest BCUT2D eigenvalue weighted by Crippen LogP contribution is 2.36. The van der Waals surface area contributed by atoms with Crippen LogP contribution in [-0.4, -0.2) is 95.3 Å². The first-order chi connectivity index (χ1) is 24.7. The summed E-state index contributed by atoms with van der Waals surface area (Å²) in [6.07, 6.45) is 3.31. The highest BCUT2D eigenvalue weighted by Gasteiger charge is 2.46. The van der Waals surface area contributed by atoms with Gasteiger partial charge in [0, 0.05) is 69.4 Å². The van der Waals surface area contributed by atoms with Crippen LogP contribution in [0.4, 0.5) is 27.5 Å². The minimum absolute atomic E-state index is 0.0502. The van der Waals surface area contributed by atoms with Crippen molar-refractivity contribution in [2.24, 2.45) is 5.92 Å². The lowest BCUT2D eigenvalue weighted by Gasteiger charge is -2.40. The topological polar surface area (TPSA) is 161 Å². The van der Waals surface area contributed by atoms with Crippen molar-refractivity contribution in [2.45, 2.75) is 31.7 Å². The van der Waals surface area contributed by atoms with Crippen molar-refractivity contribution >= 4 is 57.7 Å². The van der Waals surface area contributed by atoms with E-state index in [0.717, 1.165) is 50.1 Å². The van der Waals surface area contributed by atoms with E-state index in [1.165, 1.54) is 6.07 Å². The summed E-state index contributed by atoms with van der Waals surface area (Å²) in [6, 6.07) is 12.3. The number of nitrogens with one attached hydrogen (secondary N) is 2. The number of carbonyl (C=O) groups is 4. The highest BCUT2D eigenvalue weighted by atomic mass is 19.1. The first kappa shape index (κ1) is 32.5. The number of hydrogen-bond donors (Lipinski definition) is 2. The Bertz CT molecular complexity index is 2130. The maximum atomic E-state index is 14.8. The number of carbonyl (C=O) groups excluding carboxylic acids is 4. The third kappa shape index (κ3) is 6.29. The number of piperidine rings is 2. The van der Waals surface area contributed by atoms with Gasteiger partial charge in [0.15, 0.2) is 11.6 Å². The number of benzene rings is 2. The Balaban J connectivity index is 0.896. The van der Waals surface area contributed by atoms with Crippen LogP contribution in [0.2, 0.25) is 0 Å². The van der Waals surface area contributed by atoms with Crippen LogP contribution in [0.15, 0.2) is 63.9 Å². The number of aromatic nitrogens is 2. The highest BCUT2D eigenvalue weighted by molar-refractivity contribution is 6.25. The number of halogens is 1. The standard InChI is InChI=1S/C36H35FN8O6/c37-25-18-38-36(41-32(25)39-23-7-9-28-22(17-23)6-11-30(47)51-28)43-15-13-42(14-16-43)19-21-3-2-12-44(20-21)26-5-1-4-24-31(26)35(50)45(34(24)49)27-8-10-29(46)40-33(27)48/h1,4-7,9,11,17-18,21,27H,2-3,8,10,12-16,19-20H2,(H,38,39,41)(H,40,46,48). The Morgan fingerprint density at radius 3 is 2.59 bits per heavy atom. The lowest BCUT2D eigenvalue weighted by atomic mass is 9.95. The van der Waals surface area contributed by atoms with Gasteiger partial charge in [-0.1, -0.05) is 6.07 Å². The van der Waals surface area contributed by atoms with E-state index in [4.69, 9.17) is 4.42 Å². The molecule has 2 unspecified atom stereocenters. The Labute approximate surface area is 291 Å². The molecule has 2 atom stereocenters. The molecule has 0 spiro atoms. The maximum absolute atomic E-state index is 14.8. The maximum Gasteiger partial charge on any atom is 0.336 e. The summed E-state index contributed by atoms with van der Waals surface area (Å²) in [5, 5.41) is 5.97. The Kier molecular flexibility index (Phi) is 8.42. The van der Waals surface area contributed by atoms with E-state index in [1.54, 1.807) is 36.4 Å². The largest absolute Gasteiger partial charge is 0.423 e. The van der Waals surface area contributed by atoms with E-state index in [9.17, 15) is 28.4 Å². The molecule has 3 fully saturated rings. The molecule has 4 aliphatic heterocycles. The van der Waals surface area contributed by atoms with Gasteiger partial charge in [-0.3, -0.25) is 34.3 Å². The fourth-order valence-corrected chi connectivity index (χ4v) is 7.57. The second-order valence-corrected chi connectivity index (χ2v) is 13.4. The molecule has 14 nitrogen and oxygen atoms in total. The van der Waals surface area contributed by atoms with Gasteiger partial charge in [-0.15, -0.1) is 0 Å². The minimum atomic E-state index is -1.00. The fraction of sp³-hybridized carbons (Fsp3) is 0.361. The zero-order valence-electron chi connectivity index (χ0n) is 27.6. The Hall–Kier alpha value is -5.70. The third-order valence-corrected chi connectivity index (χ3v) is 10.1. The molecule has 8 rings (SSSR count). The van der Waals surface area contributed by atoms with Gasteiger partial charge in [0.05, 0.1) is 23.0 Å². The molecule has 0 saturated carbocycles. The number of rotatable bonds is 7. The summed E-state index contributed by atoms with van der Waals surface area (Å²) < 4.78 is 20.0. The summed E-state index contributed by atoms with van der Waals surface area (Å²) in [4.78, 5) is 79.2. The van der Waals surface area contributed by atoms with Crippen LogP contribution in [-0.2, 0) is 9.59 Å². The number of hydrogen-bond acceptors (Lipinski definition) is 12. The van der Waals surface area contributed by atoms with Crippen LogP contribution in [0.1, 0.15) is 46.4 Å². The first-order valence-corrected chi connectivity index (χ1v) is 17.1. The molecule has 15 heteroatoms. The van der Waals surface area contributed by atoms with Gasteiger partial charge in [-0.05, 0) is 61.6 Å². The molecule has 3 saturated heterocycles. The smallest absolute Gasteiger partial charge is 0.336 e. The Morgan fingerprint density at radius 2 is 1.76 bits per heavy atom. The molecule has 2 aromatic heterocycles. The van der Waals surface area contributed by atoms with Gasteiger partial charge in [0.2, 0.25) is 17.8 Å². The first-order valence-electron chi connectivity index (χ1n) is 17.1. The molecule has 51 heavy (non-hydrogen) atoms. The van der Waals surface area contributed by atoms with Gasteiger partial charge < -0.3 is 19.5 Å². The van der Waals surface area contributed by atoms with Crippen LogP contribution < -0.4 is 26.1 Å². The molecular formula is C36H35FN8O6. The van der Waals surface area contributed by atoms with E-state index < -0.39 is 41.1 Å². The van der Waals surface area contributed by atoms with Gasteiger partial charge in [-0.25, -0.2) is 14.2 Å². The average Bonchev–Trinajstić information content (AvgIpc) is 3.38. The molecule has 0 radical (unpaired) electrons. The second-order valence-electron chi connectivity index (χ2n) is 13.4. The van der Waals surface area contributed by atoms with Gasteiger partial charge in [0.25, 0.3) is 11.8 Å². The van der Waals surface area contributed by atoms with E-state index in [1.807, 2.05) is 11.0 Å². The van der Waals surface area contributed by atoms with Crippen molar-refractivity contribution in [3.05, 3.63) is 82.1 Å².